The van der Waals surface area contributed by atoms with Gasteiger partial charge in [-0.05, 0) is 44.7 Å². The van der Waals surface area contributed by atoms with Gasteiger partial charge in [-0.25, -0.2) is 4.79 Å². The number of nitrogens with one attached hydrogen (secondary N) is 2. The van der Waals surface area contributed by atoms with Gasteiger partial charge in [-0.1, -0.05) is 17.7 Å². The molecule has 23 heavy (non-hydrogen) atoms. The van der Waals surface area contributed by atoms with Crippen molar-refractivity contribution in [2.24, 2.45) is 0 Å². The number of rotatable bonds is 4. The number of anilines is 1. The number of hydrogen-bond donors (Lipinski definition) is 2. The van der Waals surface area contributed by atoms with E-state index in [1.807, 2.05) is 19.1 Å². The SMILES string of the molecule is Cc1ccc(NC(=O)N[C@H]2CCC[C@@H](OCC(F)(F)F)C2)cc1. The summed E-state index contributed by atoms with van der Waals surface area (Å²) in [5.74, 6) is 0. The first-order valence-corrected chi connectivity index (χ1v) is 7.64. The molecule has 1 saturated carbocycles. The van der Waals surface area contributed by atoms with Crippen molar-refractivity contribution in [3.05, 3.63) is 29.8 Å². The molecule has 1 fully saturated rings. The molecule has 0 unspecified atom stereocenters. The highest BCUT2D eigenvalue weighted by Gasteiger charge is 2.31. The number of ether oxygens (including phenoxy) is 1. The van der Waals surface area contributed by atoms with Gasteiger partial charge < -0.3 is 15.4 Å². The second-order valence-electron chi connectivity index (χ2n) is 5.88. The topological polar surface area (TPSA) is 50.4 Å². The van der Waals surface area contributed by atoms with Crippen molar-refractivity contribution in [1.82, 2.24) is 5.32 Å². The highest BCUT2D eigenvalue weighted by atomic mass is 19.4. The third-order valence-electron chi connectivity index (χ3n) is 3.75. The van der Waals surface area contributed by atoms with E-state index in [4.69, 9.17) is 4.74 Å². The number of carbonyl (C=O) groups is 1. The Balaban J connectivity index is 1.77. The summed E-state index contributed by atoms with van der Waals surface area (Å²) in [7, 11) is 0. The van der Waals surface area contributed by atoms with Crippen LogP contribution in [0, 0.1) is 6.92 Å². The third-order valence-corrected chi connectivity index (χ3v) is 3.75. The van der Waals surface area contributed by atoms with Crippen LogP contribution in [0.15, 0.2) is 24.3 Å². The Kier molecular flexibility index (Phi) is 5.87. The predicted molar refractivity (Wildman–Crippen MR) is 81.4 cm³/mol. The summed E-state index contributed by atoms with van der Waals surface area (Å²) in [6.07, 6.45) is -2.31. The molecule has 0 spiro atoms. The van der Waals surface area contributed by atoms with Crippen LogP contribution < -0.4 is 10.6 Å². The molecule has 2 N–H and O–H groups in total. The quantitative estimate of drug-likeness (QED) is 0.876. The zero-order chi connectivity index (χ0) is 16.9. The minimum Gasteiger partial charge on any atom is -0.369 e. The molecule has 0 radical (unpaired) electrons. The average Bonchev–Trinajstić information content (AvgIpc) is 2.47. The van der Waals surface area contributed by atoms with Crippen molar-refractivity contribution in [3.8, 4) is 0 Å². The molecule has 0 bridgehead atoms. The number of amides is 2. The predicted octanol–water partition coefficient (Wildman–Crippen LogP) is 4.01. The van der Waals surface area contributed by atoms with Crippen molar-refractivity contribution in [1.29, 1.82) is 0 Å². The molecule has 0 heterocycles. The van der Waals surface area contributed by atoms with Crippen molar-refractivity contribution >= 4 is 11.7 Å². The third kappa shape index (κ3) is 6.48. The largest absolute Gasteiger partial charge is 0.411 e. The number of carbonyl (C=O) groups excluding carboxylic acids is 1. The number of urea groups is 1. The average molecular weight is 330 g/mol. The number of alkyl halides is 3. The van der Waals surface area contributed by atoms with E-state index in [2.05, 4.69) is 10.6 Å². The summed E-state index contributed by atoms with van der Waals surface area (Å²) in [6, 6.07) is 6.84. The van der Waals surface area contributed by atoms with Gasteiger partial charge in [-0.2, -0.15) is 13.2 Å². The van der Waals surface area contributed by atoms with Gasteiger partial charge in [0.1, 0.15) is 6.61 Å². The minimum atomic E-state index is -4.32. The number of halogens is 3. The van der Waals surface area contributed by atoms with Crippen LogP contribution in [-0.2, 0) is 4.74 Å². The maximum atomic E-state index is 12.2. The van der Waals surface area contributed by atoms with Gasteiger partial charge in [0, 0.05) is 11.7 Å². The molecular weight excluding hydrogens is 309 g/mol. The lowest BCUT2D eigenvalue weighted by atomic mass is 9.93. The normalized spacial score (nSPS) is 21.7. The summed E-state index contributed by atoms with van der Waals surface area (Å²) < 4.78 is 41.4. The first-order valence-electron chi connectivity index (χ1n) is 7.64. The lowest BCUT2D eigenvalue weighted by Crippen LogP contribution is -2.43. The van der Waals surface area contributed by atoms with Crippen molar-refractivity contribution < 1.29 is 22.7 Å². The van der Waals surface area contributed by atoms with E-state index in [1.54, 1.807) is 12.1 Å². The molecule has 2 amide bonds. The molecule has 1 aromatic rings. The van der Waals surface area contributed by atoms with Crippen LogP contribution in [0.25, 0.3) is 0 Å². The van der Waals surface area contributed by atoms with E-state index in [9.17, 15) is 18.0 Å². The second kappa shape index (κ2) is 7.68. The molecule has 1 aliphatic rings. The molecular formula is C16H21F3N2O2. The molecule has 0 aromatic heterocycles. The van der Waals surface area contributed by atoms with E-state index in [0.717, 1.165) is 18.4 Å². The standard InChI is InChI=1S/C16H21F3N2O2/c1-11-5-7-12(8-6-11)20-15(22)21-13-3-2-4-14(9-13)23-10-16(17,18)19/h5-8,13-14H,2-4,9-10H2,1H3,(H2,20,21,22)/t13-,14+/m0/s1. The fraction of sp³-hybridized carbons (Fsp3) is 0.562. The molecule has 1 aromatic carbocycles. The van der Waals surface area contributed by atoms with Crippen LogP contribution in [0.5, 0.6) is 0 Å². The lowest BCUT2D eigenvalue weighted by molar-refractivity contribution is -0.188. The summed E-state index contributed by atoms with van der Waals surface area (Å²) in [6.45, 7) is 0.715. The van der Waals surface area contributed by atoms with E-state index in [1.165, 1.54) is 0 Å². The Bertz CT molecular complexity index is 517. The van der Waals surface area contributed by atoms with Gasteiger partial charge in [0.15, 0.2) is 0 Å². The van der Waals surface area contributed by atoms with Gasteiger partial charge in [0.25, 0.3) is 0 Å². The van der Waals surface area contributed by atoms with E-state index < -0.39 is 18.9 Å². The highest BCUT2D eigenvalue weighted by molar-refractivity contribution is 5.89. The van der Waals surface area contributed by atoms with Crippen molar-refractivity contribution in [3.63, 3.8) is 0 Å². The van der Waals surface area contributed by atoms with Gasteiger partial charge >= 0.3 is 12.2 Å². The first-order chi connectivity index (χ1) is 10.8. The smallest absolute Gasteiger partial charge is 0.369 e. The van der Waals surface area contributed by atoms with E-state index >= 15 is 0 Å². The van der Waals surface area contributed by atoms with E-state index in [-0.39, 0.29) is 12.1 Å². The zero-order valence-corrected chi connectivity index (χ0v) is 13.0. The van der Waals surface area contributed by atoms with Crippen LogP contribution in [-0.4, -0.2) is 31.0 Å². The van der Waals surface area contributed by atoms with Gasteiger partial charge in [-0.3, -0.25) is 0 Å². The van der Waals surface area contributed by atoms with E-state index in [0.29, 0.717) is 18.5 Å². The first kappa shape index (κ1) is 17.6. The Morgan fingerprint density at radius 1 is 1.26 bits per heavy atom. The summed E-state index contributed by atoms with van der Waals surface area (Å²) >= 11 is 0. The van der Waals surface area contributed by atoms with Crippen LogP contribution in [0.2, 0.25) is 0 Å². The van der Waals surface area contributed by atoms with Crippen LogP contribution in [0.4, 0.5) is 23.7 Å². The minimum absolute atomic E-state index is 0.174. The summed E-state index contributed by atoms with van der Waals surface area (Å²) in [5, 5.41) is 5.51. The molecule has 2 atom stereocenters. The van der Waals surface area contributed by atoms with Gasteiger partial charge in [0.2, 0.25) is 0 Å². The van der Waals surface area contributed by atoms with Crippen molar-refractivity contribution in [2.75, 3.05) is 11.9 Å². The molecule has 7 heteroatoms. The molecule has 4 nitrogen and oxygen atoms in total. The lowest BCUT2D eigenvalue weighted by Gasteiger charge is -2.30. The van der Waals surface area contributed by atoms with Crippen LogP contribution >= 0.6 is 0 Å². The van der Waals surface area contributed by atoms with Crippen molar-refractivity contribution in [2.45, 2.75) is 50.9 Å². The molecule has 128 valence electrons. The number of aryl methyl sites for hydroxylation is 1. The Labute approximate surface area is 133 Å². The van der Waals surface area contributed by atoms with Gasteiger partial charge in [0.05, 0.1) is 6.10 Å². The zero-order valence-electron chi connectivity index (χ0n) is 13.0. The fourth-order valence-electron chi connectivity index (χ4n) is 2.63. The highest BCUT2D eigenvalue weighted by Crippen LogP contribution is 2.24. The number of hydrogen-bond acceptors (Lipinski definition) is 2. The van der Waals surface area contributed by atoms with Crippen LogP contribution in [0.3, 0.4) is 0 Å². The molecule has 2 rings (SSSR count). The monoisotopic (exact) mass is 330 g/mol. The van der Waals surface area contributed by atoms with Gasteiger partial charge in [-0.15, -0.1) is 0 Å². The summed E-state index contributed by atoms with van der Waals surface area (Å²) in [4.78, 5) is 11.9. The summed E-state index contributed by atoms with van der Waals surface area (Å²) in [5.41, 5.74) is 1.77. The molecule has 0 aliphatic heterocycles. The molecule has 1 aliphatic carbocycles. The Morgan fingerprint density at radius 3 is 2.61 bits per heavy atom. The fourth-order valence-corrected chi connectivity index (χ4v) is 2.63. The maximum absolute atomic E-state index is 12.2. The maximum Gasteiger partial charge on any atom is 0.411 e. The Hall–Kier alpha value is -1.76. The molecule has 0 saturated heterocycles. The Morgan fingerprint density at radius 2 is 1.96 bits per heavy atom. The number of benzene rings is 1. The van der Waals surface area contributed by atoms with Crippen LogP contribution in [0.1, 0.15) is 31.2 Å². The second-order valence-corrected chi connectivity index (χ2v) is 5.88.